The molecule has 1 heterocycles. The summed E-state index contributed by atoms with van der Waals surface area (Å²) >= 11 is 0. The van der Waals surface area contributed by atoms with Gasteiger partial charge in [0.1, 0.15) is 5.75 Å². The van der Waals surface area contributed by atoms with Gasteiger partial charge in [0.25, 0.3) is 0 Å². The molecule has 0 aliphatic carbocycles. The van der Waals surface area contributed by atoms with Crippen molar-refractivity contribution in [3.8, 4) is 5.75 Å². The van der Waals surface area contributed by atoms with Gasteiger partial charge in [0.05, 0.1) is 20.2 Å². The Hall–Kier alpha value is -2.41. The Bertz CT molecular complexity index is 610. The van der Waals surface area contributed by atoms with Crippen molar-refractivity contribution in [3.63, 3.8) is 0 Å². The van der Waals surface area contributed by atoms with Gasteiger partial charge in [-0.3, -0.25) is 9.69 Å². The lowest BCUT2D eigenvalue weighted by Gasteiger charge is -2.14. The Kier molecular flexibility index (Phi) is 5.48. The Morgan fingerprint density at radius 2 is 1.95 bits per heavy atom. The number of anilines is 1. The summed E-state index contributed by atoms with van der Waals surface area (Å²) in [6.07, 6.45) is 0.703. The molecule has 2 rings (SSSR count). The summed E-state index contributed by atoms with van der Waals surface area (Å²) in [6, 6.07) is 7.18. The summed E-state index contributed by atoms with van der Waals surface area (Å²) in [5.41, 5.74) is 0.727. The minimum absolute atomic E-state index is 0.108. The maximum absolute atomic E-state index is 12.0. The summed E-state index contributed by atoms with van der Waals surface area (Å²) < 4.78 is 10.5. The molecule has 7 heteroatoms. The summed E-state index contributed by atoms with van der Waals surface area (Å²) in [7, 11) is 3.42. The Balaban J connectivity index is 1.82. The van der Waals surface area contributed by atoms with Gasteiger partial charge in [-0.25, -0.2) is 0 Å². The summed E-state index contributed by atoms with van der Waals surface area (Å²) in [5.74, 6) is 1.75. The van der Waals surface area contributed by atoms with Crippen molar-refractivity contribution in [2.24, 2.45) is 0 Å². The highest BCUT2D eigenvalue weighted by molar-refractivity contribution is 5.92. The number of hydrogen-bond acceptors (Lipinski definition) is 6. The third-order valence-electron chi connectivity index (χ3n) is 3.00. The maximum Gasteiger partial charge on any atom is 0.238 e. The first-order chi connectivity index (χ1) is 10.6. The summed E-state index contributed by atoms with van der Waals surface area (Å²) in [5, 5.41) is 10.7. The zero-order valence-corrected chi connectivity index (χ0v) is 13.0. The SMILES string of the molecule is CCc1nnc(CN(C)CC(=O)Nc2ccc(OC)cc2)o1. The van der Waals surface area contributed by atoms with Crippen molar-refractivity contribution in [3.05, 3.63) is 36.0 Å². The highest BCUT2D eigenvalue weighted by atomic mass is 16.5. The van der Waals surface area contributed by atoms with Crippen LogP contribution >= 0.6 is 0 Å². The van der Waals surface area contributed by atoms with Crippen LogP contribution in [0.3, 0.4) is 0 Å². The van der Waals surface area contributed by atoms with Gasteiger partial charge in [-0.15, -0.1) is 10.2 Å². The number of likely N-dealkylation sites (N-methyl/N-ethyl adjacent to an activating group) is 1. The second kappa shape index (κ2) is 7.56. The Morgan fingerprint density at radius 1 is 1.27 bits per heavy atom. The van der Waals surface area contributed by atoms with Crippen LogP contribution in [-0.2, 0) is 17.8 Å². The van der Waals surface area contributed by atoms with E-state index in [2.05, 4.69) is 15.5 Å². The minimum Gasteiger partial charge on any atom is -0.497 e. The molecule has 7 nitrogen and oxygen atoms in total. The van der Waals surface area contributed by atoms with E-state index in [0.717, 1.165) is 11.4 Å². The molecule has 2 aromatic rings. The number of rotatable bonds is 7. The monoisotopic (exact) mass is 304 g/mol. The molecule has 0 fully saturated rings. The average molecular weight is 304 g/mol. The van der Waals surface area contributed by atoms with E-state index in [9.17, 15) is 4.79 Å². The van der Waals surface area contributed by atoms with Crippen LogP contribution in [0.2, 0.25) is 0 Å². The van der Waals surface area contributed by atoms with E-state index in [0.29, 0.717) is 24.7 Å². The van der Waals surface area contributed by atoms with Crippen LogP contribution in [-0.4, -0.2) is 41.7 Å². The summed E-state index contributed by atoms with van der Waals surface area (Å²) in [4.78, 5) is 13.8. The molecule has 0 aliphatic heterocycles. The molecular formula is C15H20N4O3. The van der Waals surface area contributed by atoms with Crippen molar-refractivity contribution in [2.45, 2.75) is 19.9 Å². The molecule has 0 unspecified atom stereocenters. The van der Waals surface area contributed by atoms with Gasteiger partial charge in [-0.2, -0.15) is 0 Å². The molecule has 0 aliphatic rings. The number of nitrogens with zero attached hydrogens (tertiary/aromatic N) is 3. The molecule has 22 heavy (non-hydrogen) atoms. The largest absolute Gasteiger partial charge is 0.497 e. The number of methoxy groups -OCH3 is 1. The molecule has 118 valence electrons. The molecule has 0 atom stereocenters. The van der Waals surface area contributed by atoms with Crippen molar-refractivity contribution in [2.75, 3.05) is 26.0 Å². The number of nitrogens with one attached hydrogen (secondary N) is 1. The van der Waals surface area contributed by atoms with Crippen LogP contribution in [0.15, 0.2) is 28.7 Å². The Morgan fingerprint density at radius 3 is 2.55 bits per heavy atom. The highest BCUT2D eigenvalue weighted by Crippen LogP contribution is 2.14. The Labute approximate surface area is 129 Å². The molecule has 1 N–H and O–H groups in total. The predicted molar refractivity (Wildman–Crippen MR) is 81.6 cm³/mol. The minimum atomic E-state index is -0.108. The molecule has 0 saturated heterocycles. The van der Waals surface area contributed by atoms with E-state index >= 15 is 0 Å². The molecule has 1 aromatic carbocycles. The maximum atomic E-state index is 12.0. The molecule has 0 spiro atoms. The van der Waals surface area contributed by atoms with Crippen LogP contribution in [0, 0.1) is 0 Å². The first kappa shape index (κ1) is 16.0. The number of benzene rings is 1. The van der Waals surface area contributed by atoms with Crippen molar-refractivity contribution in [1.82, 2.24) is 15.1 Å². The van der Waals surface area contributed by atoms with Crippen molar-refractivity contribution < 1.29 is 13.9 Å². The number of aryl methyl sites for hydroxylation is 1. The lowest BCUT2D eigenvalue weighted by atomic mass is 10.3. The fourth-order valence-electron chi connectivity index (χ4n) is 1.90. The quantitative estimate of drug-likeness (QED) is 0.839. The van der Waals surface area contributed by atoms with E-state index in [1.807, 2.05) is 18.9 Å². The third kappa shape index (κ3) is 4.56. The van der Waals surface area contributed by atoms with Crippen molar-refractivity contribution in [1.29, 1.82) is 0 Å². The lowest BCUT2D eigenvalue weighted by molar-refractivity contribution is -0.117. The van der Waals surface area contributed by atoms with Crippen LogP contribution < -0.4 is 10.1 Å². The second-order valence-corrected chi connectivity index (χ2v) is 4.89. The third-order valence-corrected chi connectivity index (χ3v) is 3.00. The van der Waals surface area contributed by atoms with Crippen LogP contribution in [0.5, 0.6) is 5.75 Å². The normalized spacial score (nSPS) is 10.7. The molecule has 0 radical (unpaired) electrons. The smallest absolute Gasteiger partial charge is 0.238 e. The molecule has 1 aromatic heterocycles. The van der Waals surface area contributed by atoms with E-state index in [4.69, 9.17) is 9.15 Å². The highest BCUT2D eigenvalue weighted by Gasteiger charge is 2.11. The predicted octanol–water partition coefficient (Wildman–Crippen LogP) is 1.71. The van der Waals surface area contributed by atoms with Crippen LogP contribution in [0.25, 0.3) is 0 Å². The number of hydrogen-bond donors (Lipinski definition) is 1. The second-order valence-electron chi connectivity index (χ2n) is 4.89. The van der Waals surface area contributed by atoms with Gasteiger partial charge in [-0.1, -0.05) is 6.92 Å². The fraction of sp³-hybridized carbons (Fsp3) is 0.400. The van der Waals surface area contributed by atoms with Gasteiger partial charge in [0.2, 0.25) is 17.7 Å². The van der Waals surface area contributed by atoms with Crippen LogP contribution in [0.4, 0.5) is 5.69 Å². The van der Waals surface area contributed by atoms with Gasteiger partial charge in [-0.05, 0) is 31.3 Å². The first-order valence-corrected chi connectivity index (χ1v) is 7.04. The van der Waals surface area contributed by atoms with E-state index in [1.54, 1.807) is 31.4 Å². The first-order valence-electron chi connectivity index (χ1n) is 7.04. The van der Waals surface area contributed by atoms with Crippen molar-refractivity contribution >= 4 is 11.6 Å². The average Bonchev–Trinajstić information content (AvgIpc) is 2.95. The number of amides is 1. The zero-order valence-electron chi connectivity index (χ0n) is 13.0. The fourth-order valence-corrected chi connectivity index (χ4v) is 1.90. The van der Waals surface area contributed by atoms with Gasteiger partial charge < -0.3 is 14.5 Å². The molecule has 0 saturated carbocycles. The summed E-state index contributed by atoms with van der Waals surface area (Å²) in [6.45, 7) is 2.61. The van der Waals surface area contributed by atoms with Gasteiger partial charge in [0.15, 0.2) is 0 Å². The number of aromatic nitrogens is 2. The van der Waals surface area contributed by atoms with E-state index in [1.165, 1.54) is 0 Å². The van der Waals surface area contributed by atoms with Crippen LogP contribution in [0.1, 0.15) is 18.7 Å². The van der Waals surface area contributed by atoms with E-state index < -0.39 is 0 Å². The number of ether oxygens (including phenoxy) is 1. The lowest BCUT2D eigenvalue weighted by Crippen LogP contribution is -2.29. The number of carbonyl (C=O) groups excluding carboxylic acids is 1. The van der Waals surface area contributed by atoms with Gasteiger partial charge in [0, 0.05) is 12.1 Å². The zero-order chi connectivity index (χ0) is 15.9. The topological polar surface area (TPSA) is 80.5 Å². The molecular weight excluding hydrogens is 284 g/mol. The van der Waals surface area contributed by atoms with E-state index in [-0.39, 0.29) is 12.5 Å². The number of carbonyl (C=O) groups is 1. The van der Waals surface area contributed by atoms with Gasteiger partial charge >= 0.3 is 0 Å². The standard InChI is InChI=1S/C15H20N4O3/c1-4-14-17-18-15(22-14)10-19(2)9-13(20)16-11-5-7-12(21-3)8-6-11/h5-8H,4,9-10H2,1-3H3,(H,16,20). The molecule has 1 amide bonds. The molecule has 0 bridgehead atoms.